The molecular weight excluding hydrogens is 414 g/mol. The van der Waals surface area contributed by atoms with E-state index in [4.69, 9.17) is 9.84 Å². The van der Waals surface area contributed by atoms with Crippen LogP contribution in [0.5, 0.6) is 5.75 Å². The lowest BCUT2D eigenvalue weighted by atomic mass is 10.1. The fourth-order valence-corrected chi connectivity index (χ4v) is 4.94. The molecule has 0 aromatic heterocycles. The maximum atomic E-state index is 13.2. The van der Waals surface area contributed by atoms with Crippen LogP contribution >= 0.6 is 0 Å². The molecule has 0 spiro atoms. The van der Waals surface area contributed by atoms with E-state index in [-0.39, 0.29) is 23.8 Å². The molecular formula is C24H33NO5S. The lowest BCUT2D eigenvalue weighted by Crippen LogP contribution is -2.36. The molecule has 0 amide bonds. The summed E-state index contributed by atoms with van der Waals surface area (Å²) in [5.41, 5.74) is 2.51. The molecule has 0 radical (unpaired) electrons. The molecule has 0 aliphatic heterocycles. The Hall–Kier alpha value is -2.54. The number of aromatic carboxylic acids is 1. The number of carboxylic acids is 1. The molecule has 0 unspecified atom stereocenters. The Bertz CT molecular complexity index is 968. The predicted molar refractivity (Wildman–Crippen MR) is 124 cm³/mol. The van der Waals surface area contributed by atoms with E-state index in [1.165, 1.54) is 16.4 Å². The van der Waals surface area contributed by atoms with Gasteiger partial charge in [0.05, 0.1) is 17.0 Å². The zero-order valence-corrected chi connectivity index (χ0v) is 19.6. The minimum absolute atomic E-state index is 0.109. The van der Waals surface area contributed by atoms with Crippen molar-refractivity contribution in [3.8, 4) is 5.75 Å². The molecule has 2 aromatic rings. The van der Waals surface area contributed by atoms with Gasteiger partial charge in [0, 0.05) is 6.54 Å². The number of hydrogen-bond acceptors (Lipinski definition) is 4. The van der Waals surface area contributed by atoms with Crippen LogP contribution in [-0.2, 0) is 16.6 Å². The first kappa shape index (κ1) is 24.7. The lowest BCUT2D eigenvalue weighted by molar-refractivity contribution is 0.0697. The minimum Gasteiger partial charge on any atom is -0.487 e. The summed E-state index contributed by atoms with van der Waals surface area (Å²) >= 11 is 0. The van der Waals surface area contributed by atoms with Crippen LogP contribution in [-0.4, -0.2) is 31.8 Å². The van der Waals surface area contributed by atoms with Crippen LogP contribution in [0, 0.1) is 12.8 Å². The molecule has 0 atom stereocenters. The molecule has 1 N–H and O–H groups in total. The number of nitrogens with zero attached hydrogens (tertiary/aromatic N) is 1. The first-order chi connectivity index (χ1) is 14.6. The van der Waals surface area contributed by atoms with E-state index in [0.29, 0.717) is 24.4 Å². The summed E-state index contributed by atoms with van der Waals surface area (Å²) in [5.74, 6) is -0.228. The number of hydrogen-bond donors (Lipinski definition) is 1. The van der Waals surface area contributed by atoms with Gasteiger partial charge in [0.25, 0.3) is 0 Å². The van der Waals surface area contributed by atoms with Gasteiger partial charge in [-0.1, -0.05) is 51.8 Å². The summed E-state index contributed by atoms with van der Waals surface area (Å²) in [6.07, 6.45) is 2.46. The normalized spacial score (nSPS) is 11.5. The van der Waals surface area contributed by atoms with Crippen molar-refractivity contribution in [1.82, 2.24) is 0 Å². The molecule has 0 saturated carbocycles. The van der Waals surface area contributed by atoms with Gasteiger partial charge in [0.2, 0.25) is 10.0 Å². The fourth-order valence-electron chi connectivity index (χ4n) is 3.19. The quantitative estimate of drug-likeness (QED) is 0.449. The summed E-state index contributed by atoms with van der Waals surface area (Å²) < 4.78 is 33.9. The van der Waals surface area contributed by atoms with Crippen LogP contribution in [0.15, 0.2) is 42.5 Å². The molecule has 0 bridgehead atoms. The average molecular weight is 448 g/mol. The largest absolute Gasteiger partial charge is 0.487 e. The summed E-state index contributed by atoms with van der Waals surface area (Å²) in [6.45, 7) is 8.55. The maximum Gasteiger partial charge on any atom is 0.335 e. The van der Waals surface area contributed by atoms with Gasteiger partial charge in [-0.15, -0.1) is 0 Å². The van der Waals surface area contributed by atoms with Crippen LogP contribution in [0.2, 0.25) is 0 Å². The van der Waals surface area contributed by atoms with Gasteiger partial charge in [-0.3, -0.25) is 4.31 Å². The SMILES string of the molecule is CCCCCS(=O)(=O)N(CC(C)C)c1cc(C)ccc1OCc1ccc(C(=O)O)cc1. The molecule has 31 heavy (non-hydrogen) atoms. The van der Waals surface area contributed by atoms with Crippen LogP contribution < -0.4 is 9.04 Å². The van der Waals surface area contributed by atoms with Gasteiger partial charge >= 0.3 is 5.97 Å². The lowest BCUT2D eigenvalue weighted by Gasteiger charge is -2.28. The second kappa shape index (κ2) is 11.2. The van der Waals surface area contributed by atoms with Crippen molar-refractivity contribution >= 4 is 21.7 Å². The van der Waals surface area contributed by atoms with Crippen LogP contribution in [0.1, 0.15) is 61.5 Å². The molecule has 2 rings (SSSR count). The van der Waals surface area contributed by atoms with Gasteiger partial charge in [0.1, 0.15) is 12.4 Å². The third kappa shape index (κ3) is 7.28. The van der Waals surface area contributed by atoms with Crippen molar-refractivity contribution in [2.45, 2.75) is 53.6 Å². The average Bonchev–Trinajstić information content (AvgIpc) is 2.71. The van der Waals surface area contributed by atoms with E-state index < -0.39 is 16.0 Å². The molecule has 2 aromatic carbocycles. The zero-order valence-electron chi connectivity index (χ0n) is 18.8. The van der Waals surface area contributed by atoms with E-state index in [1.807, 2.05) is 39.8 Å². The Balaban J connectivity index is 2.32. The number of sulfonamides is 1. The van der Waals surface area contributed by atoms with E-state index in [9.17, 15) is 13.2 Å². The van der Waals surface area contributed by atoms with Crippen molar-refractivity contribution in [3.05, 3.63) is 59.2 Å². The first-order valence-electron chi connectivity index (χ1n) is 10.7. The fraction of sp³-hybridized carbons (Fsp3) is 0.458. The number of anilines is 1. The zero-order chi connectivity index (χ0) is 23.0. The van der Waals surface area contributed by atoms with Gasteiger partial charge in [0.15, 0.2) is 0 Å². The van der Waals surface area contributed by atoms with Crippen molar-refractivity contribution in [1.29, 1.82) is 0 Å². The number of carboxylic acid groups (broad SMARTS) is 1. The van der Waals surface area contributed by atoms with Crippen molar-refractivity contribution in [2.24, 2.45) is 5.92 Å². The molecule has 170 valence electrons. The Kier molecular flexibility index (Phi) is 8.92. The van der Waals surface area contributed by atoms with Crippen LogP contribution in [0.25, 0.3) is 0 Å². The number of unbranched alkanes of at least 4 members (excludes halogenated alkanes) is 2. The summed E-state index contributed by atoms with van der Waals surface area (Å²) in [5, 5.41) is 9.04. The van der Waals surface area contributed by atoms with Crippen molar-refractivity contribution < 1.29 is 23.1 Å². The predicted octanol–water partition coefficient (Wildman–Crippen LogP) is 5.25. The highest BCUT2D eigenvalue weighted by molar-refractivity contribution is 7.92. The van der Waals surface area contributed by atoms with Gasteiger partial charge in [-0.2, -0.15) is 0 Å². The standard InChI is InChI=1S/C24H33NO5S/c1-5-6-7-14-31(28,29)25(16-18(2)3)22-15-19(4)8-13-23(22)30-17-20-9-11-21(12-10-20)24(26)27/h8-13,15,18H,5-7,14,16-17H2,1-4H3,(H,26,27). The smallest absolute Gasteiger partial charge is 0.335 e. The molecule has 0 heterocycles. The highest BCUT2D eigenvalue weighted by atomic mass is 32.2. The Morgan fingerprint density at radius 2 is 1.77 bits per heavy atom. The molecule has 0 saturated heterocycles. The summed E-state index contributed by atoms with van der Waals surface area (Å²) in [6, 6.07) is 12.0. The maximum absolute atomic E-state index is 13.2. The Morgan fingerprint density at radius 1 is 1.10 bits per heavy atom. The van der Waals surface area contributed by atoms with Crippen molar-refractivity contribution in [2.75, 3.05) is 16.6 Å². The Morgan fingerprint density at radius 3 is 2.35 bits per heavy atom. The van der Waals surface area contributed by atoms with Crippen molar-refractivity contribution in [3.63, 3.8) is 0 Å². The topological polar surface area (TPSA) is 83.9 Å². The van der Waals surface area contributed by atoms with Gasteiger partial charge < -0.3 is 9.84 Å². The van der Waals surface area contributed by atoms with E-state index >= 15 is 0 Å². The number of rotatable bonds is 12. The third-order valence-electron chi connectivity index (χ3n) is 4.85. The molecule has 7 heteroatoms. The monoisotopic (exact) mass is 447 g/mol. The summed E-state index contributed by atoms with van der Waals surface area (Å²) in [4.78, 5) is 11.0. The van der Waals surface area contributed by atoms with E-state index in [0.717, 1.165) is 24.0 Å². The second-order valence-electron chi connectivity index (χ2n) is 8.21. The highest BCUT2D eigenvalue weighted by Gasteiger charge is 2.26. The second-order valence-corrected chi connectivity index (χ2v) is 10.2. The first-order valence-corrected chi connectivity index (χ1v) is 12.3. The highest BCUT2D eigenvalue weighted by Crippen LogP contribution is 2.33. The number of ether oxygens (including phenoxy) is 1. The molecule has 0 aliphatic rings. The number of carbonyl (C=O) groups is 1. The van der Waals surface area contributed by atoms with E-state index in [2.05, 4.69) is 0 Å². The van der Waals surface area contributed by atoms with Crippen LogP contribution in [0.3, 0.4) is 0 Å². The number of aryl methyl sites for hydroxylation is 1. The van der Waals surface area contributed by atoms with E-state index in [1.54, 1.807) is 18.2 Å². The van der Waals surface area contributed by atoms with Crippen LogP contribution in [0.4, 0.5) is 5.69 Å². The Labute approximate surface area is 185 Å². The van der Waals surface area contributed by atoms with Gasteiger partial charge in [-0.25, -0.2) is 13.2 Å². The number of benzene rings is 2. The van der Waals surface area contributed by atoms with Gasteiger partial charge in [-0.05, 0) is 54.7 Å². The molecule has 6 nitrogen and oxygen atoms in total. The summed E-state index contributed by atoms with van der Waals surface area (Å²) in [7, 11) is -3.49. The third-order valence-corrected chi connectivity index (χ3v) is 6.67. The molecule has 0 aliphatic carbocycles. The molecule has 0 fully saturated rings. The minimum atomic E-state index is -3.49.